The SMILES string of the molecule is CCOc1ccc([C@H](CC(=O)O)NC(C)=O)cc1. The van der Waals surface area contributed by atoms with E-state index in [0.29, 0.717) is 6.61 Å². The molecule has 0 saturated heterocycles. The molecule has 98 valence electrons. The van der Waals surface area contributed by atoms with Crippen LogP contribution in [0.2, 0.25) is 0 Å². The van der Waals surface area contributed by atoms with E-state index in [-0.39, 0.29) is 12.3 Å². The second-order valence-corrected chi connectivity index (χ2v) is 3.85. The van der Waals surface area contributed by atoms with Crippen molar-refractivity contribution in [2.45, 2.75) is 26.3 Å². The minimum absolute atomic E-state index is 0.145. The van der Waals surface area contributed by atoms with E-state index in [2.05, 4.69) is 5.32 Å². The normalized spacial score (nSPS) is 11.7. The first kappa shape index (κ1) is 14.0. The van der Waals surface area contributed by atoms with E-state index < -0.39 is 12.0 Å². The zero-order chi connectivity index (χ0) is 13.5. The van der Waals surface area contributed by atoms with Gasteiger partial charge in [-0.1, -0.05) is 12.1 Å². The molecule has 0 bridgehead atoms. The Morgan fingerprint density at radius 3 is 2.39 bits per heavy atom. The van der Waals surface area contributed by atoms with Gasteiger partial charge in [-0.05, 0) is 24.6 Å². The molecule has 1 amide bonds. The summed E-state index contributed by atoms with van der Waals surface area (Å²) in [7, 11) is 0. The molecule has 0 spiro atoms. The van der Waals surface area contributed by atoms with E-state index in [1.165, 1.54) is 6.92 Å². The highest BCUT2D eigenvalue weighted by Gasteiger charge is 2.16. The largest absolute Gasteiger partial charge is 0.494 e. The summed E-state index contributed by atoms with van der Waals surface area (Å²) < 4.78 is 5.30. The number of nitrogens with one attached hydrogen (secondary N) is 1. The predicted octanol–water partition coefficient (Wildman–Crippen LogP) is 1.74. The van der Waals surface area contributed by atoms with Crippen LogP contribution in [0.15, 0.2) is 24.3 Å². The second-order valence-electron chi connectivity index (χ2n) is 3.85. The van der Waals surface area contributed by atoms with Crippen LogP contribution < -0.4 is 10.1 Å². The molecular formula is C13H17NO4. The van der Waals surface area contributed by atoms with E-state index in [1.54, 1.807) is 24.3 Å². The Kier molecular flexibility index (Phi) is 5.17. The number of carboxylic acid groups (broad SMARTS) is 1. The third-order valence-electron chi connectivity index (χ3n) is 2.35. The smallest absolute Gasteiger partial charge is 0.305 e. The maximum absolute atomic E-state index is 11.0. The number of rotatable bonds is 6. The fourth-order valence-corrected chi connectivity index (χ4v) is 1.64. The van der Waals surface area contributed by atoms with Gasteiger partial charge in [-0.15, -0.1) is 0 Å². The molecule has 0 fully saturated rings. The van der Waals surface area contributed by atoms with Crippen LogP contribution in [0, 0.1) is 0 Å². The van der Waals surface area contributed by atoms with Crippen LogP contribution in [-0.4, -0.2) is 23.6 Å². The van der Waals surface area contributed by atoms with Gasteiger partial charge in [-0.2, -0.15) is 0 Å². The summed E-state index contributed by atoms with van der Waals surface area (Å²) in [6.07, 6.45) is -0.145. The quantitative estimate of drug-likeness (QED) is 0.807. The van der Waals surface area contributed by atoms with Crippen LogP contribution in [0.4, 0.5) is 0 Å². The van der Waals surface area contributed by atoms with Crippen molar-refractivity contribution < 1.29 is 19.4 Å². The molecular weight excluding hydrogens is 234 g/mol. The van der Waals surface area contributed by atoms with Gasteiger partial charge in [0.05, 0.1) is 19.1 Å². The van der Waals surface area contributed by atoms with E-state index in [0.717, 1.165) is 11.3 Å². The van der Waals surface area contributed by atoms with Crippen LogP contribution in [-0.2, 0) is 9.59 Å². The minimum Gasteiger partial charge on any atom is -0.494 e. The molecule has 0 radical (unpaired) electrons. The molecule has 1 rings (SSSR count). The third-order valence-corrected chi connectivity index (χ3v) is 2.35. The van der Waals surface area contributed by atoms with Gasteiger partial charge in [0.15, 0.2) is 0 Å². The molecule has 0 heterocycles. The van der Waals surface area contributed by atoms with E-state index in [9.17, 15) is 9.59 Å². The van der Waals surface area contributed by atoms with Crippen molar-refractivity contribution in [2.24, 2.45) is 0 Å². The highest BCUT2D eigenvalue weighted by molar-refractivity contribution is 5.75. The van der Waals surface area contributed by atoms with Crippen LogP contribution in [0.5, 0.6) is 5.75 Å². The van der Waals surface area contributed by atoms with Gasteiger partial charge in [0.25, 0.3) is 0 Å². The molecule has 0 unspecified atom stereocenters. The van der Waals surface area contributed by atoms with Crippen molar-refractivity contribution in [1.29, 1.82) is 0 Å². The minimum atomic E-state index is -0.956. The zero-order valence-corrected chi connectivity index (χ0v) is 10.5. The van der Waals surface area contributed by atoms with Crippen molar-refractivity contribution in [3.8, 4) is 5.75 Å². The average Bonchev–Trinajstić information content (AvgIpc) is 2.28. The highest BCUT2D eigenvalue weighted by atomic mass is 16.5. The molecule has 0 saturated carbocycles. The lowest BCUT2D eigenvalue weighted by Crippen LogP contribution is -2.27. The molecule has 0 aliphatic carbocycles. The summed E-state index contributed by atoms with van der Waals surface area (Å²) in [5.41, 5.74) is 0.746. The van der Waals surface area contributed by atoms with Gasteiger partial charge < -0.3 is 15.2 Å². The van der Waals surface area contributed by atoms with Crippen LogP contribution in [0.25, 0.3) is 0 Å². The zero-order valence-electron chi connectivity index (χ0n) is 10.5. The summed E-state index contributed by atoms with van der Waals surface area (Å²) in [5.74, 6) is -0.490. The fraction of sp³-hybridized carbons (Fsp3) is 0.385. The topological polar surface area (TPSA) is 75.6 Å². The summed E-state index contributed by atoms with van der Waals surface area (Å²) in [6, 6.07) is 6.52. The van der Waals surface area contributed by atoms with E-state index in [1.807, 2.05) is 6.92 Å². The van der Waals surface area contributed by atoms with Gasteiger partial charge in [0.1, 0.15) is 5.75 Å². The Balaban J connectivity index is 2.83. The Hall–Kier alpha value is -2.04. The van der Waals surface area contributed by atoms with E-state index >= 15 is 0 Å². The number of hydrogen-bond acceptors (Lipinski definition) is 3. The number of aliphatic carboxylic acids is 1. The van der Waals surface area contributed by atoms with Crippen LogP contribution >= 0.6 is 0 Å². The first-order valence-electron chi connectivity index (χ1n) is 5.74. The Morgan fingerprint density at radius 1 is 1.33 bits per heavy atom. The molecule has 1 atom stereocenters. The predicted molar refractivity (Wildman–Crippen MR) is 66.4 cm³/mol. The number of carbonyl (C=O) groups is 2. The second kappa shape index (κ2) is 6.64. The first-order valence-corrected chi connectivity index (χ1v) is 5.74. The van der Waals surface area contributed by atoms with Crippen molar-refractivity contribution in [2.75, 3.05) is 6.61 Å². The fourth-order valence-electron chi connectivity index (χ4n) is 1.64. The number of carboxylic acids is 1. The molecule has 5 nitrogen and oxygen atoms in total. The number of ether oxygens (including phenoxy) is 1. The Bertz CT molecular complexity index is 398. The van der Waals surface area contributed by atoms with Crippen LogP contribution in [0.1, 0.15) is 31.9 Å². The van der Waals surface area contributed by atoms with E-state index in [4.69, 9.17) is 9.84 Å². The Morgan fingerprint density at radius 2 is 1.94 bits per heavy atom. The molecule has 1 aromatic rings. The molecule has 0 aromatic heterocycles. The highest BCUT2D eigenvalue weighted by Crippen LogP contribution is 2.20. The maximum Gasteiger partial charge on any atom is 0.305 e. The van der Waals surface area contributed by atoms with Gasteiger partial charge in [0.2, 0.25) is 5.91 Å². The van der Waals surface area contributed by atoms with Crippen molar-refractivity contribution in [1.82, 2.24) is 5.32 Å². The summed E-state index contributed by atoms with van der Waals surface area (Å²) in [4.78, 5) is 21.8. The lowest BCUT2D eigenvalue weighted by molar-refractivity contribution is -0.137. The summed E-state index contributed by atoms with van der Waals surface area (Å²) >= 11 is 0. The molecule has 5 heteroatoms. The molecule has 2 N–H and O–H groups in total. The molecule has 1 aromatic carbocycles. The third kappa shape index (κ3) is 4.45. The van der Waals surface area contributed by atoms with Gasteiger partial charge in [-0.3, -0.25) is 9.59 Å². The monoisotopic (exact) mass is 251 g/mol. The Labute approximate surface area is 106 Å². The van der Waals surface area contributed by atoms with Crippen molar-refractivity contribution in [3.05, 3.63) is 29.8 Å². The number of amides is 1. The standard InChI is InChI=1S/C13H17NO4/c1-3-18-11-6-4-10(5-7-11)12(8-13(16)17)14-9(2)15/h4-7,12H,3,8H2,1-2H3,(H,14,15)(H,16,17)/t12-/m0/s1. The first-order chi connectivity index (χ1) is 8.52. The molecule has 0 aliphatic heterocycles. The molecule has 0 aliphatic rings. The van der Waals surface area contributed by atoms with Crippen LogP contribution in [0.3, 0.4) is 0 Å². The van der Waals surface area contributed by atoms with Crippen molar-refractivity contribution in [3.63, 3.8) is 0 Å². The number of carbonyl (C=O) groups excluding carboxylic acids is 1. The number of hydrogen-bond donors (Lipinski definition) is 2. The molecule has 18 heavy (non-hydrogen) atoms. The van der Waals surface area contributed by atoms with Gasteiger partial charge in [-0.25, -0.2) is 0 Å². The average molecular weight is 251 g/mol. The van der Waals surface area contributed by atoms with Crippen molar-refractivity contribution >= 4 is 11.9 Å². The number of benzene rings is 1. The maximum atomic E-state index is 11.0. The van der Waals surface area contributed by atoms with Gasteiger partial charge in [0, 0.05) is 6.92 Å². The lowest BCUT2D eigenvalue weighted by Gasteiger charge is -2.16. The van der Waals surface area contributed by atoms with Gasteiger partial charge >= 0.3 is 5.97 Å². The summed E-state index contributed by atoms with van der Waals surface area (Å²) in [6.45, 7) is 3.82. The summed E-state index contributed by atoms with van der Waals surface area (Å²) in [5, 5.41) is 11.4. The lowest BCUT2D eigenvalue weighted by atomic mass is 10.0.